The lowest BCUT2D eigenvalue weighted by molar-refractivity contribution is -0.385. The van der Waals surface area contributed by atoms with E-state index < -0.39 is 10.7 Å². The summed E-state index contributed by atoms with van der Waals surface area (Å²) in [7, 11) is 1.67. The number of nitro groups is 1. The van der Waals surface area contributed by atoms with Gasteiger partial charge in [0.2, 0.25) is 0 Å². The Hall–Kier alpha value is -1.69. The third-order valence-corrected chi connectivity index (χ3v) is 3.61. The van der Waals surface area contributed by atoms with Gasteiger partial charge in [0.15, 0.2) is 5.82 Å². The van der Waals surface area contributed by atoms with Crippen molar-refractivity contribution < 1.29 is 14.1 Å². The van der Waals surface area contributed by atoms with Crippen molar-refractivity contribution in [3.63, 3.8) is 0 Å². The van der Waals surface area contributed by atoms with Crippen LogP contribution in [0.2, 0.25) is 0 Å². The number of methoxy groups -OCH3 is 1. The minimum Gasteiger partial charge on any atom is -0.385 e. The average molecular weight is 268 g/mol. The van der Waals surface area contributed by atoms with E-state index in [1.54, 1.807) is 7.11 Å². The maximum Gasteiger partial charge on any atom is 0.272 e. The SMILES string of the molecule is COCCC1(CNc2ccc([N+](=O)[O-])cc2F)CC1. The summed E-state index contributed by atoms with van der Waals surface area (Å²) in [5.41, 5.74) is 0.280. The Morgan fingerprint density at radius 2 is 2.26 bits per heavy atom. The van der Waals surface area contributed by atoms with Crippen LogP contribution < -0.4 is 5.32 Å². The molecule has 104 valence electrons. The predicted octanol–water partition coefficient (Wildman–Crippen LogP) is 2.96. The zero-order valence-corrected chi connectivity index (χ0v) is 10.8. The lowest BCUT2D eigenvalue weighted by atomic mass is 10.0. The second-order valence-electron chi connectivity index (χ2n) is 5.02. The first-order valence-electron chi connectivity index (χ1n) is 6.23. The molecular weight excluding hydrogens is 251 g/mol. The Morgan fingerprint density at radius 3 is 2.79 bits per heavy atom. The molecule has 0 atom stereocenters. The molecule has 1 aliphatic rings. The summed E-state index contributed by atoms with van der Waals surface area (Å²) in [5.74, 6) is -0.586. The van der Waals surface area contributed by atoms with Crippen molar-refractivity contribution >= 4 is 11.4 Å². The van der Waals surface area contributed by atoms with Gasteiger partial charge in [0.05, 0.1) is 16.7 Å². The first-order chi connectivity index (χ1) is 9.06. The van der Waals surface area contributed by atoms with E-state index in [0.717, 1.165) is 25.3 Å². The molecule has 2 rings (SSSR count). The second kappa shape index (κ2) is 5.52. The second-order valence-corrected chi connectivity index (χ2v) is 5.02. The van der Waals surface area contributed by atoms with Crippen molar-refractivity contribution in [2.75, 3.05) is 25.6 Å². The van der Waals surface area contributed by atoms with E-state index >= 15 is 0 Å². The van der Waals surface area contributed by atoms with Gasteiger partial charge in [-0.15, -0.1) is 0 Å². The largest absolute Gasteiger partial charge is 0.385 e. The Kier molecular flexibility index (Phi) is 3.99. The molecule has 0 aromatic heterocycles. The number of non-ortho nitro benzene ring substituents is 1. The minimum atomic E-state index is -0.603. The topological polar surface area (TPSA) is 64.4 Å². The van der Waals surface area contributed by atoms with Crippen LogP contribution in [0.15, 0.2) is 18.2 Å². The molecule has 0 saturated heterocycles. The zero-order chi connectivity index (χ0) is 13.9. The third-order valence-electron chi connectivity index (χ3n) is 3.61. The first kappa shape index (κ1) is 13.7. The van der Waals surface area contributed by atoms with E-state index in [4.69, 9.17) is 4.74 Å². The predicted molar refractivity (Wildman–Crippen MR) is 69.7 cm³/mol. The van der Waals surface area contributed by atoms with Crippen molar-refractivity contribution in [2.45, 2.75) is 19.3 Å². The number of benzene rings is 1. The van der Waals surface area contributed by atoms with E-state index in [1.807, 2.05) is 0 Å². The fourth-order valence-electron chi connectivity index (χ4n) is 2.05. The van der Waals surface area contributed by atoms with Gasteiger partial charge in [-0.1, -0.05) is 0 Å². The van der Waals surface area contributed by atoms with Crippen LogP contribution in [0.3, 0.4) is 0 Å². The molecule has 1 aliphatic carbocycles. The van der Waals surface area contributed by atoms with Gasteiger partial charge in [-0.3, -0.25) is 10.1 Å². The first-order valence-corrected chi connectivity index (χ1v) is 6.23. The maximum absolute atomic E-state index is 13.7. The highest BCUT2D eigenvalue weighted by Gasteiger charge is 2.41. The van der Waals surface area contributed by atoms with Crippen molar-refractivity contribution in [3.05, 3.63) is 34.1 Å². The van der Waals surface area contributed by atoms with Gasteiger partial charge in [0.1, 0.15) is 0 Å². The summed E-state index contributed by atoms with van der Waals surface area (Å²) in [5, 5.41) is 13.6. The van der Waals surface area contributed by atoms with Crippen molar-refractivity contribution in [1.29, 1.82) is 0 Å². The molecule has 5 nitrogen and oxygen atoms in total. The van der Waals surface area contributed by atoms with Crippen LogP contribution in [-0.4, -0.2) is 25.2 Å². The quantitative estimate of drug-likeness (QED) is 0.610. The molecule has 0 heterocycles. The molecular formula is C13H17FN2O3. The number of nitro benzene ring substituents is 1. The molecule has 1 aromatic rings. The Bertz CT molecular complexity index is 475. The fraction of sp³-hybridized carbons (Fsp3) is 0.538. The standard InChI is InChI=1S/C13H17FN2O3/c1-19-7-6-13(4-5-13)9-15-12-3-2-10(16(17)18)8-11(12)14/h2-3,8,15H,4-7,9H2,1H3. The minimum absolute atomic E-state index is 0.199. The van der Waals surface area contributed by atoms with Crippen LogP contribution in [0.5, 0.6) is 0 Å². The molecule has 0 unspecified atom stereocenters. The van der Waals surface area contributed by atoms with Gasteiger partial charge in [-0.2, -0.15) is 0 Å². The highest BCUT2D eigenvalue weighted by molar-refractivity contribution is 5.50. The summed E-state index contributed by atoms with van der Waals surface area (Å²) < 4.78 is 18.7. The number of hydrogen-bond acceptors (Lipinski definition) is 4. The summed E-state index contributed by atoms with van der Waals surface area (Å²) in [4.78, 5) is 9.91. The van der Waals surface area contributed by atoms with Gasteiger partial charge in [-0.05, 0) is 30.7 Å². The fourth-order valence-corrected chi connectivity index (χ4v) is 2.05. The Labute approximate surface area is 110 Å². The van der Waals surface area contributed by atoms with E-state index in [2.05, 4.69) is 5.32 Å². The summed E-state index contributed by atoms with van der Waals surface area (Å²) in [6, 6.07) is 3.66. The number of nitrogens with one attached hydrogen (secondary N) is 1. The molecule has 6 heteroatoms. The lowest BCUT2D eigenvalue weighted by Gasteiger charge is -2.16. The lowest BCUT2D eigenvalue weighted by Crippen LogP contribution is -2.17. The van der Waals surface area contributed by atoms with Gasteiger partial charge < -0.3 is 10.1 Å². The molecule has 19 heavy (non-hydrogen) atoms. The van der Waals surface area contributed by atoms with Crippen molar-refractivity contribution in [2.24, 2.45) is 5.41 Å². The van der Waals surface area contributed by atoms with Crippen LogP contribution in [0.1, 0.15) is 19.3 Å². The zero-order valence-electron chi connectivity index (χ0n) is 10.8. The smallest absolute Gasteiger partial charge is 0.272 e. The number of rotatable bonds is 7. The molecule has 0 aliphatic heterocycles. The molecule has 1 saturated carbocycles. The normalized spacial score (nSPS) is 16.1. The summed E-state index contributed by atoms with van der Waals surface area (Å²) in [6.45, 7) is 1.37. The molecule has 0 bridgehead atoms. The third kappa shape index (κ3) is 3.41. The summed E-state index contributed by atoms with van der Waals surface area (Å²) in [6.07, 6.45) is 3.17. The van der Waals surface area contributed by atoms with Crippen molar-refractivity contribution in [1.82, 2.24) is 0 Å². The number of ether oxygens (including phenoxy) is 1. The molecule has 0 spiro atoms. The number of halogens is 1. The van der Waals surface area contributed by atoms with E-state index in [1.165, 1.54) is 12.1 Å². The average Bonchev–Trinajstić information content (AvgIpc) is 3.15. The highest BCUT2D eigenvalue weighted by atomic mass is 19.1. The number of anilines is 1. The van der Waals surface area contributed by atoms with E-state index in [0.29, 0.717) is 18.8 Å². The molecule has 1 fully saturated rings. The monoisotopic (exact) mass is 268 g/mol. The Morgan fingerprint density at radius 1 is 1.53 bits per heavy atom. The number of nitrogens with zero attached hydrogens (tertiary/aromatic N) is 1. The maximum atomic E-state index is 13.7. The molecule has 0 amide bonds. The van der Waals surface area contributed by atoms with E-state index in [9.17, 15) is 14.5 Å². The number of hydrogen-bond donors (Lipinski definition) is 1. The van der Waals surface area contributed by atoms with Crippen molar-refractivity contribution in [3.8, 4) is 0 Å². The van der Waals surface area contributed by atoms with Gasteiger partial charge in [0, 0.05) is 26.3 Å². The van der Waals surface area contributed by atoms with Gasteiger partial charge >= 0.3 is 0 Å². The molecule has 1 aromatic carbocycles. The van der Waals surface area contributed by atoms with Gasteiger partial charge in [-0.25, -0.2) is 4.39 Å². The van der Waals surface area contributed by atoms with Crippen LogP contribution in [-0.2, 0) is 4.74 Å². The van der Waals surface area contributed by atoms with Gasteiger partial charge in [0.25, 0.3) is 5.69 Å². The van der Waals surface area contributed by atoms with Crippen LogP contribution in [0.4, 0.5) is 15.8 Å². The van der Waals surface area contributed by atoms with Crippen LogP contribution in [0.25, 0.3) is 0 Å². The molecule has 1 N–H and O–H groups in total. The van der Waals surface area contributed by atoms with Crippen LogP contribution in [0, 0.1) is 21.3 Å². The highest BCUT2D eigenvalue weighted by Crippen LogP contribution is 2.48. The Balaban J connectivity index is 1.95. The van der Waals surface area contributed by atoms with E-state index in [-0.39, 0.29) is 11.1 Å². The molecule has 0 radical (unpaired) electrons. The van der Waals surface area contributed by atoms with Crippen LogP contribution >= 0.6 is 0 Å². The summed E-state index contributed by atoms with van der Waals surface area (Å²) >= 11 is 0.